The first-order valence-corrected chi connectivity index (χ1v) is 10.6. The van der Waals surface area contributed by atoms with Crippen molar-refractivity contribution < 1.29 is 9.53 Å². The Labute approximate surface area is 179 Å². The zero-order valence-corrected chi connectivity index (χ0v) is 18.1. The third kappa shape index (κ3) is 5.85. The summed E-state index contributed by atoms with van der Waals surface area (Å²) in [7, 11) is 0. The molecule has 3 heterocycles. The fourth-order valence-corrected chi connectivity index (χ4v) is 5.07. The minimum absolute atomic E-state index is 0. The lowest BCUT2D eigenvalue weighted by Gasteiger charge is -2.25. The van der Waals surface area contributed by atoms with Crippen LogP contribution < -0.4 is 15.5 Å². The van der Waals surface area contributed by atoms with Crippen LogP contribution in [0, 0.1) is 0 Å². The van der Waals surface area contributed by atoms with E-state index in [-0.39, 0.29) is 36.8 Å². The van der Waals surface area contributed by atoms with Crippen LogP contribution in [-0.2, 0) is 9.53 Å². The molecule has 2 aliphatic heterocycles. The molecular formula is C17H24Cl2N4O2S2. The van der Waals surface area contributed by atoms with Crippen molar-refractivity contribution in [1.29, 1.82) is 0 Å². The van der Waals surface area contributed by atoms with E-state index in [9.17, 15) is 4.79 Å². The second-order valence-corrected chi connectivity index (χ2v) is 8.42. The molecule has 2 aromatic rings. The molecule has 10 heteroatoms. The van der Waals surface area contributed by atoms with Crippen LogP contribution in [0.1, 0.15) is 6.42 Å². The number of nitrogens with one attached hydrogen (secondary N) is 2. The number of anilines is 2. The molecule has 2 fully saturated rings. The van der Waals surface area contributed by atoms with Crippen LogP contribution in [0.15, 0.2) is 18.2 Å². The van der Waals surface area contributed by atoms with Gasteiger partial charge in [0.1, 0.15) is 0 Å². The van der Waals surface area contributed by atoms with Crippen molar-refractivity contribution >= 4 is 74.9 Å². The van der Waals surface area contributed by atoms with E-state index in [1.807, 2.05) is 30.0 Å². The van der Waals surface area contributed by atoms with E-state index in [1.165, 1.54) is 0 Å². The van der Waals surface area contributed by atoms with Crippen LogP contribution >= 0.6 is 47.9 Å². The van der Waals surface area contributed by atoms with Crippen LogP contribution in [-0.4, -0.2) is 61.3 Å². The molecule has 6 nitrogen and oxygen atoms in total. The van der Waals surface area contributed by atoms with Gasteiger partial charge < -0.3 is 20.3 Å². The van der Waals surface area contributed by atoms with Crippen molar-refractivity contribution in [2.75, 3.05) is 54.6 Å². The van der Waals surface area contributed by atoms with Crippen LogP contribution in [0.2, 0.25) is 0 Å². The number of hydrogen-bond donors (Lipinski definition) is 2. The molecule has 0 saturated carbocycles. The second-order valence-electron chi connectivity index (χ2n) is 6.26. The number of halogens is 2. The number of nitrogens with zero attached hydrogens (tertiary/aromatic N) is 2. The van der Waals surface area contributed by atoms with Gasteiger partial charge in [0.25, 0.3) is 0 Å². The van der Waals surface area contributed by atoms with E-state index >= 15 is 0 Å². The number of thioether (sulfide) groups is 1. The van der Waals surface area contributed by atoms with Gasteiger partial charge in [-0.2, -0.15) is 11.8 Å². The van der Waals surface area contributed by atoms with E-state index in [0.29, 0.717) is 6.42 Å². The Morgan fingerprint density at radius 2 is 2.15 bits per heavy atom. The van der Waals surface area contributed by atoms with Gasteiger partial charge in [0, 0.05) is 49.3 Å². The minimum atomic E-state index is 0. The Hall–Kier alpha value is -0.770. The summed E-state index contributed by atoms with van der Waals surface area (Å²) in [5.41, 5.74) is 1.83. The number of morpholine rings is 1. The number of ether oxygens (including phenoxy) is 1. The maximum atomic E-state index is 12.3. The van der Waals surface area contributed by atoms with E-state index in [1.54, 1.807) is 11.3 Å². The van der Waals surface area contributed by atoms with Gasteiger partial charge >= 0.3 is 0 Å². The minimum Gasteiger partial charge on any atom is -0.378 e. The Balaban J connectivity index is 0.00000131. The predicted octanol–water partition coefficient (Wildman–Crippen LogP) is 3.01. The van der Waals surface area contributed by atoms with Crippen LogP contribution in [0.25, 0.3) is 10.2 Å². The highest BCUT2D eigenvalue weighted by molar-refractivity contribution is 7.99. The van der Waals surface area contributed by atoms with E-state index in [4.69, 9.17) is 9.72 Å². The molecule has 1 aromatic carbocycles. The summed E-state index contributed by atoms with van der Waals surface area (Å²) in [6.45, 7) is 4.26. The van der Waals surface area contributed by atoms with Gasteiger partial charge in [-0.1, -0.05) is 11.3 Å². The number of carbonyl (C=O) groups excluding carboxylic acids is 1. The van der Waals surface area contributed by atoms with Crippen LogP contribution in [0.4, 0.5) is 10.8 Å². The Morgan fingerprint density at radius 1 is 1.33 bits per heavy atom. The van der Waals surface area contributed by atoms with Gasteiger partial charge in [0.2, 0.25) is 5.91 Å². The number of aromatic nitrogens is 1. The summed E-state index contributed by atoms with van der Waals surface area (Å²) < 4.78 is 6.50. The number of fused-ring (bicyclic) bond motifs is 1. The first-order valence-electron chi connectivity index (χ1n) is 8.62. The molecule has 1 aromatic heterocycles. The number of amides is 1. The number of hydrogen-bond acceptors (Lipinski definition) is 7. The van der Waals surface area contributed by atoms with Gasteiger partial charge in [-0.25, -0.2) is 4.98 Å². The number of benzene rings is 1. The monoisotopic (exact) mass is 450 g/mol. The zero-order chi connectivity index (χ0) is 17.1. The van der Waals surface area contributed by atoms with E-state index in [2.05, 4.69) is 15.5 Å². The molecule has 4 rings (SSSR count). The molecule has 2 saturated heterocycles. The fraction of sp³-hybridized carbons (Fsp3) is 0.529. The molecule has 0 spiro atoms. The molecule has 1 atom stereocenters. The fourth-order valence-electron chi connectivity index (χ4n) is 3.07. The molecule has 2 N–H and O–H groups in total. The van der Waals surface area contributed by atoms with Crippen molar-refractivity contribution in [1.82, 2.24) is 10.3 Å². The quantitative estimate of drug-likeness (QED) is 0.745. The second kappa shape index (κ2) is 10.7. The average molecular weight is 451 g/mol. The molecule has 1 amide bonds. The van der Waals surface area contributed by atoms with Crippen LogP contribution in [0.3, 0.4) is 0 Å². The van der Waals surface area contributed by atoms with Crippen molar-refractivity contribution in [2.24, 2.45) is 0 Å². The highest BCUT2D eigenvalue weighted by atomic mass is 35.5. The van der Waals surface area contributed by atoms with Gasteiger partial charge in [0.15, 0.2) is 5.13 Å². The van der Waals surface area contributed by atoms with Crippen molar-refractivity contribution in [3.05, 3.63) is 18.2 Å². The maximum absolute atomic E-state index is 12.3. The zero-order valence-electron chi connectivity index (χ0n) is 14.8. The highest BCUT2D eigenvalue weighted by Crippen LogP contribution is 2.31. The first kappa shape index (κ1) is 22.5. The maximum Gasteiger partial charge on any atom is 0.225 e. The van der Waals surface area contributed by atoms with Gasteiger partial charge in [-0.05, 0) is 18.2 Å². The summed E-state index contributed by atoms with van der Waals surface area (Å²) in [6.07, 6.45) is 0.521. The number of carbonyl (C=O) groups is 1. The summed E-state index contributed by atoms with van der Waals surface area (Å²) in [5, 5.41) is 7.46. The van der Waals surface area contributed by atoms with Crippen molar-refractivity contribution in [2.45, 2.75) is 12.5 Å². The van der Waals surface area contributed by atoms with Crippen LogP contribution in [0.5, 0.6) is 0 Å². The Bertz CT molecular complexity index is 750. The summed E-state index contributed by atoms with van der Waals surface area (Å²) >= 11 is 3.58. The summed E-state index contributed by atoms with van der Waals surface area (Å²) in [6, 6.07) is 6.23. The standard InChI is InChI=1S/C17H22N4O2S2.2ClH/c22-16(10-13-11-24-8-3-18-13)19-12-1-2-14-15(9-12)25-17(20-14)21-4-6-23-7-5-21;;/h1-2,9,13,18H,3-8,10-11H2,(H,19,22);2*1H. The molecule has 1 unspecified atom stereocenters. The SMILES string of the molecule is Cl.Cl.O=C(CC1CSCCN1)Nc1ccc2nc(N3CCOCC3)sc2c1. The van der Waals surface area contributed by atoms with Crippen molar-refractivity contribution in [3.63, 3.8) is 0 Å². The topological polar surface area (TPSA) is 66.5 Å². The number of rotatable bonds is 4. The van der Waals surface area contributed by atoms with Crippen molar-refractivity contribution in [3.8, 4) is 0 Å². The largest absolute Gasteiger partial charge is 0.378 e. The van der Waals surface area contributed by atoms with Gasteiger partial charge in [0.05, 0.1) is 23.4 Å². The molecule has 2 aliphatic rings. The molecule has 0 radical (unpaired) electrons. The first-order chi connectivity index (χ1) is 12.3. The number of thiazole rings is 1. The Morgan fingerprint density at radius 3 is 2.89 bits per heavy atom. The van der Waals surface area contributed by atoms with Gasteiger partial charge in [-0.15, -0.1) is 24.8 Å². The lowest BCUT2D eigenvalue weighted by Crippen LogP contribution is -2.39. The van der Waals surface area contributed by atoms with E-state index < -0.39 is 0 Å². The third-order valence-corrected chi connectivity index (χ3v) is 6.58. The molecular weight excluding hydrogens is 427 g/mol. The molecule has 0 bridgehead atoms. The lowest BCUT2D eigenvalue weighted by molar-refractivity contribution is -0.116. The third-order valence-electron chi connectivity index (χ3n) is 4.37. The average Bonchev–Trinajstić information content (AvgIpc) is 3.06. The van der Waals surface area contributed by atoms with Gasteiger partial charge in [-0.3, -0.25) is 4.79 Å². The summed E-state index contributed by atoms with van der Waals surface area (Å²) in [5.74, 6) is 2.20. The Kier molecular flexibility index (Phi) is 8.91. The van der Waals surface area contributed by atoms with E-state index in [0.717, 1.165) is 65.4 Å². The summed E-state index contributed by atoms with van der Waals surface area (Å²) in [4.78, 5) is 19.3. The predicted molar refractivity (Wildman–Crippen MR) is 120 cm³/mol. The normalized spacial score (nSPS) is 19.9. The molecule has 27 heavy (non-hydrogen) atoms. The lowest BCUT2D eigenvalue weighted by atomic mass is 10.2. The molecule has 150 valence electrons. The molecule has 0 aliphatic carbocycles. The highest BCUT2D eigenvalue weighted by Gasteiger charge is 2.18. The smallest absolute Gasteiger partial charge is 0.225 e.